The molecular weight excluding hydrogens is 298 g/mol. The van der Waals surface area contributed by atoms with Crippen LogP contribution in [0.2, 0.25) is 0 Å². The molecule has 1 aliphatic heterocycles. The van der Waals surface area contributed by atoms with E-state index in [0.717, 1.165) is 12.2 Å². The van der Waals surface area contributed by atoms with E-state index >= 15 is 0 Å². The van der Waals surface area contributed by atoms with E-state index in [1.807, 2.05) is 19.2 Å². The van der Waals surface area contributed by atoms with Crippen LogP contribution in [0.15, 0.2) is 5.38 Å². The van der Waals surface area contributed by atoms with Crippen molar-refractivity contribution in [1.29, 1.82) is 0 Å². The van der Waals surface area contributed by atoms with Crippen molar-refractivity contribution in [3.63, 3.8) is 0 Å². The van der Waals surface area contributed by atoms with Gasteiger partial charge in [0.05, 0.1) is 23.1 Å². The molecule has 1 fully saturated rings. The van der Waals surface area contributed by atoms with Crippen LogP contribution >= 0.6 is 11.3 Å². The summed E-state index contributed by atoms with van der Waals surface area (Å²) in [5, 5.41) is 8.39. The monoisotopic (exact) mass is 317 g/mol. The highest BCUT2D eigenvalue weighted by Gasteiger charge is 2.33. The Morgan fingerprint density at radius 1 is 1.60 bits per heavy atom. The summed E-state index contributed by atoms with van der Waals surface area (Å²) in [6.07, 6.45) is 0.403. The fourth-order valence-corrected chi connectivity index (χ4v) is 4.71. The van der Waals surface area contributed by atoms with Gasteiger partial charge in [0.1, 0.15) is 0 Å². The number of sulfone groups is 1. The maximum absolute atomic E-state index is 12.0. The minimum Gasteiger partial charge on any atom is -0.309 e. The Morgan fingerprint density at radius 3 is 2.95 bits per heavy atom. The second-order valence-electron chi connectivity index (χ2n) is 4.95. The Bertz CT molecular complexity index is 583. The number of nitrogens with zero attached hydrogens (tertiary/aromatic N) is 1. The molecule has 2 N–H and O–H groups in total. The molecule has 2 heterocycles. The van der Waals surface area contributed by atoms with Crippen LogP contribution in [0.1, 0.15) is 32.0 Å². The van der Waals surface area contributed by atoms with Gasteiger partial charge in [-0.2, -0.15) is 0 Å². The van der Waals surface area contributed by atoms with Gasteiger partial charge in [0.25, 0.3) is 0 Å². The van der Waals surface area contributed by atoms with E-state index in [4.69, 9.17) is 0 Å². The Kier molecular flexibility index (Phi) is 4.77. The number of hydrogen-bond acceptors (Lipinski definition) is 6. The lowest BCUT2D eigenvalue weighted by molar-refractivity contribution is -0.119. The lowest BCUT2D eigenvalue weighted by atomic mass is 10.1. The molecule has 1 saturated heterocycles. The zero-order valence-electron chi connectivity index (χ0n) is 11.5. The molecule has 1 amide bonds. The maximum Gasteiger partial charge on any atom is 0.230 e. The van der Waals surface area contributed by atoms with E-state index in [2.05, 4.69) is 15.6 Å². The molecule has 112 valence electrons. The first-order valence-corrected chi connectivity index (χ1v) is 9.31. The Morgan fingerprint density at radius 2 is 2.35 bits per heavy atom. The van der Waals surface area contributed by atoms with E-state index in [0.29, 0.717) is 11.6 Å². The Hall–Kier alpha value is -0.990. The summed E-state index contributed by atoms with van der Waals surface area (Å²) in [5.41, 5.74) is 0.881. The summed E-state index contributed by atoms with van der Waals surface area (Å²) in [6, 6.07) is 0.133. The molecule has 0 aliphatic carbocycles. The normalized spacial score (nSPS) is 22.6. The number of carbonyl (C=O) groups excluding carboxylic acids is 1. The largest absolute Gasteiger partial charge is 0.309 e. The molecule has 0 saturated carbocycles. The van der Waals surface area contributed by atoms with E-state index in [-0.39, 0.29) is 23.5 Å². The molecule has 0 bridgehead atoms. The van der Waals surface area contributed by atoms with Crippen molar-refractivity contribution in [2.75, 3.05) is 23.4 Å². The minimum atomic E-state index is -3.04. The number of amides is 1. The van der Waals surface area contributed by atoms with Gasteiger partial charge in [0, 0.05) is 11.4 Å². The molecule has 1 aromatic rings. The van der Waals surface area contributed by atoms with Crippen LogP contribution in [0.25, 0.3) is 0 Å². The number of nitrogens with one attached hydrogen (secondary N) is 2. The van der Waals surface area contributed by atoms with E-state index in [1.165, 1.54) is 11.3 Å². The zero-order chi connectivity index (χ0) is 14.8. The van der Waals surface area contributed by atoms with Gasteiger partial charge in [-0.1, -0.05) is 6.92 Å². The molecule has 0 radical (unpaired) electrons. The van der Waals surface area contributed by atoms with Crippen LogP contribution in [-0.2, 0) is 14.6 Å². The van der Waals surface area contributed by atoms with E-state index in [9.17, 15) is 13.2 Å². The van der Waals surface area contributed by atoms with Crippen molar-refractivity contribution in [3.05, 3.63) is 11.1 Å². The van der Waals surface area contributed by atoms with E-state index in [1.54, 1.807) is 0 Å². The summed E-state index contributed by atoms with van der Waals surface area (Å²) in [7, 11) is -3.04. The third kappa shape index (κ3) is 3.77. The number of hydrogen-bond donors (Lipinski definition) is 2. The summed E-state index contributed by atoms with van der Waals surface area (Å²) < 4.78 is 22.7. The molecule has 20 heavy (non-hydrogen) atoms. The predicted molar refractivity (Wildman–Crippen MR) is 79.6 cm³/mol. The second-order valence-corrected chi connectivity index (χ2v) is 8.03. The zero-order valence-corrected chi connectivity index (χ0v) is 13.2. The number of aromatic nitrogens is 1. The van der Waals surface area contributed by atoms with Crippen molar-refractivity contribution in [1.82, 2.24) is 10.3 Å². The van der Waals surface area contributed by atoms with Gasteiger partial charge < -0.3 is 10.6 Å². The predicted octanol–water partition coefficient (Wildman–Crippen LogP) is 1.19. The summed E-state index contributed by atoms with van der Waals surface area (Å²) >= 11 is 1.36. The third-order valence-corrected chi connectivity index (χ3v) is 5.85. The highest BCUT2D eigenvalue weighted by molar-refractivity contribution is 7.91. The average molecular weight is 317 g/mol. The first kappa shape index (κ1) is 15.4. The SMILES string of the molecule is CCNC(C)c1csc(NC(=O)C2CCS(=O)(=O)C2)n1. The first-order chi connectivity index (χ1) is 9.41. The van der Waals surface area contributed by atoms with Crippen LogP contribution in [-0.4, -0.2) is 37.4 Å². The third-order valence-electron chi connectivity index (χ3n) is 3.31. The van der Waals surface area contributed by atoms with Crippen molar-refractivity contribution >= 4 is 32.2 Å². The van der Waals surface area contributed by atoms with Crippen LogP contribution in [0.3, 0.4) is 0 Å². The van der Waals surface area contributed by atoms with Crippen molar-refractivity contribution in [3.8, 4) is 0 Å². The van der Waals surface area contributed by atoms with Crippen LogP contribution in [0.4, 0.5) is 5.13 Å². The summed E-state index contributed by atoms with van der Waals surface area (Å²) in [6.45, 7) is 4.88. The molecule has 8 heteroatoms. The Balaban J connectivity index is 1.95. The minimum absolute atomic E-state index is 0.0507. The molecule has 2 rings (SSSR count). The summed E-state index contributed by atoms with van der Waals surface area (Å²) in [5.74, 6) is -0.641. The van der Waals surface area contributed by atoms with Crippen LogP contribution < -0.4 is 10.6 Å². The van der Waals surface area contributed by atoms with Gasteiger partial charge in [0.15, 0.2) is 15.0 Å². The van der Waals surface area contributed by atoms with Gasteiger partial charge in [0.2, 0.25) is 5.91 Å². The van der Waals surface area contributed by atoms with E-state index < -0.39 is 15.8 Å². The number of thiazole rings is 1. The van der Waals surface area contributed by atoms with Crippen LogP contribution in [0.5, 0.6) is 0 Å². The molecular formula is C12H19N3O3S2. The average Bonchev–Trinajstić information content (AvgIpc) is 2.96. The van der Waals surface area contributed by atoms with Gasteiger partial charge in [-0.15, -0.1) is 11.3 Å². The second kappa shape index (κ2) is 6.19. The molecule has 0 aromatic carbocycles. The van der Waals surface area contributed by atoms with Crippen molar-refractivity contribution < 1.29 is 13.2 Å². The van der Waals surface area contributed by atoms with Gasteiger partial charge in [-0.25, -0.2) is 13.4 Å². The summed E-state index contributed by atoms with van der Waals surface area (Å²) in [4.78, 5) is 16.3. The van der Waals surface area contributed by atoms with Crippen LogP contribution in [0, 0.1) is 5.92 Å². The first-order valence-electron chi connectivity index (χ1n) is 6.61. The number of rotatable bonds is 5. The lowest BCUT2D eigenvalue weighted by Gasteiger charge is -2.09. The topological polar surface area (TPSA) is 88.2 Å². The quantitative estimate of drug-likeness (QED) is 0.851. The maximum atomic E-state index is 12.0. The fraction of sp³-hybridized carbons (Fsp3) is 0.667. The molecule has 1 aromatic heterocycles. The standard InChI is InChI=1S/C12H19N3O3S2/c1-3-13-8(2)10-6-19-12(14-10)15-11(16)9-4-5-20(17,18)7-9/h6,8-9,13H,3-5,7H2,1-2H3,(H,14,15,16). The number of anilines is 1. The van der Waals surface area contributed by atoms with Gasteiger partial charge in [-0.3, -0.25) is 4.79 Å². The highest BCUT2D eigenvalue weighted by atomic mass is 32.2. The smallest absolute Gasteiger partial charge is 0.230 e. The fourth-order valence-electron chi connectivity index (χ4n) is 2.16. The number of carbonyl (C=O) groups is 1. The van der Waals surface area contributed by atoms with Gasteiger partial charge in [-0.05, 0) is 19.9 Å². The van der Waals surface area contributed by atoms with Crippen molar-refractivity contribution in [2.24, 2.45) is 5.92 Å². The molecule has 2 unspecified atom stereocenters. The molecule has 1 aliphatic rings. The Labute approximate surface area is 122 Å². The molecule has 6 nitrogen and oxygen atoms in total. The lowest BCUT2D eigenvalue weighted by Crippen LogP contribution is -2.23. The molecule has 2 atom stereocenters. The highest BCUT2D eigenvalue weighted by Crippen LogP contribution is 2.23. The molecule has 0 spiro atoms. The van der Waals surface area contributed by atoms with Gasteiger partial charge >= 0.3 is 0 Å². The van der Waals surface area contributed by atoms with Crippen molar-refractivity contribution in [2.45, 2.75) is 26.3 Å².